The number of amides is 1. The van der Waals surface area contributed by atoms with E-state index in [1.54, 1.807) is 0 Å². The molecule has 1 aliphatic heterocycles. The highest BCUT2D eigenvalue weighted by Gasteiger charge is 2.40. The zero-order valence-corrected chi connectivity index (χ0v) is 13.6. The number of halogens is 1. The van der Waals surface area contributed by atoms with Gasteiger partial charge in [-0.2, -0.15) is 0 Å². The van der Waals surface area contributed by atoms with Gasteiger partial charge in [-0.3, -0.25) is 4.79 Å². The summed E-state index contributed by atoms with van der Waals surface area (Å²) >= 11 is 3.68. The maximum absolute atomic E-state index is 12.4. The van der Waals surface area contributed by atoms with Crippen molar-refractivity contribution in [3.63, 3.8) is 0 Å². The van der Waals surface area contributed by atoms with Crippen LogP contribution >= 0.6 is 15.9 Å². The molecule has 3 aliphatic rings. The summed E-state index contributed by atoms with van der Waals surface area (Å²) in [5, 5.41) is 0. The van der Waals surface area contributed by atoms with Gasteiger partial charge < -0.3 is 4.90 Å². The Balaban J connectivity index is 1.46. The van der Waals surface area contributed by atoms with Crippen LogP contribution in [0.2, 0.25) is 0 Å². The molecule has 19 heavy (non-hydrogen) atoms. The van der Waals surface area contributed by atoms with E-state index in [2.05, 4.69) is 27.8 Å². The van der Waals surface area contributed by atoms with Crippen molar-refractivity contribution in [2.24, 2.45) is 23.7 Å². The molecule has 1 saturated heterocycles. The van der Waals surface area contributed by atoms with E-state index in [0.717, 1.165) is 43.2 Å². The SMILES string of the molecule is CC(Br)C1CCN(C(=O)CC2CC3CCC2C3)CC1. The second-order valence-corrected chi connectivity index (χ2v) is 8.48. The fraction of sp³-hybridized carbons (Fsp3) is 0.938. The number of hydrogen-bond donors (Lipinski definition) is 0. The van der Waals surface area contributed by atoms with Crippen LogP contribution in [0.4, 0.5) is 0 Å². The first kappa shape index (κ1) is 13.9. The number of nitrogens with zero attached hydrogens (tertiary/aromatic N) is 1. The van der Waals surface area contributed by atoms with Crippen LogP contribution in [0.5, 0.6) is 0 Å². The summed E-state index contributed by atoms with van der Waals surface area (Å²) in [7, 11) is 0. The van der Waals surface area contributed by atoms with E-state index in [0.29, 0.717) is 10.7 Å². The van der Waals surface area contributed by atoms with Gasteiger partial charge in [0.15, 0.2) is 0 Å². The van der Waals surface area contributed by atoms with E-state index in [1.165, 1.54) is 38.5 Å². The van der Waals surface area contributed by atoms with Crippen molar-refractivity contribution in [1.29, 1.82) is 0 Å². The molecule has 2 bridgehead atoms. The topological polar surface area (TPSA) is 20.3 Å². The first-order valence-corrected chi connectivity index (χ1v) is 8.97. The van der Waals surface area contributed by atoms with Gasteiger partial charge in [0.2, 0.25) is 5.91 Å². The fourth-order valence-corrected chi connectivity index (χ4v) is 5.12. The third-order valence-electron chi connectivity index (χ3n) is 5.86. The molecule has 0 aromatic heterocycles. The Morgan fingerprint density at radius 1 is 1.21 bits per heavy atom. The molecule has 4 unspecified atom stereocenters. The average molecular weight is 328 g/mol. The molecular weight excluding hydrogens is 302 g/mol. The number of fused-ring (bicyclic) bond motifs is 2. The first-order valence-electron chi connectivity index (χ1n) is 8.05. The zero-order valence-electron chi connectivity index (χ0n) is 12.0. The zero-order chi connectivity index (χ0) is 13.4. The normalized spacial score (nSPS) is 36.7. The minimum absolute atomic E-state index is 0.443. The quantitative estimate of drug-likeness (QED) is 0.721. The Hall–Kier alpha value is -0.0500. The third-order valence-corrected chi connectivity index (χ3v) is 6.61. The van der Waals surface area contributed by atoms with Gasteiger partial charge in [-0.05, 0) is 55.8 Å². The van der Waals surface area contributed by atoms with Crippen molar-refractivity contribution in [1.82, 2.24) is 4.90 Å². The Kier molecular flexibility index (Phi) is 4.21. The molecule has 0 aromatic rings. The molecule has 0 aromatic carbocycles. The van der Waals surface area contributed by atoms with Crippen molar-refractivity contribution in [3.8, 4) is 0 Å². The van der Waals surface area contributed by atoms with E-state index < -0.39 is 0 Å². The van der Waals surface area contributed by atoms with Crippen molar-refractivity contribution in [2.75, 3.05) is 13.1 Å². The number of hydrogen-bond acceptors (Lipinski definition) is 1. The number of alkyl halides is 1. The van der Waals surface area contributed by atoms with Gasteiger partial charge >= 0.3 is 0 Å². The maximum atomic E-state index is 12.4. The van der Waals surface area contributed by atoms with Gasteiger partial charge in [0.05, 0.1) is 0 Å². The van der Waals surface area contributed by atoms with Crippen LogP contribution < -0.4 is 0 Å². The average Bonchev–Trinajstić information content (AvgIpc) is 3.01. The number of carbonyl (C=O) groups excluding carboxylic acids is 1. The summed E-state index contributed by atoms with van der Waals surface area (Å²) < 4.78 is 0. The highest BCUT2D eigenvalue weighted by Crippen LogP contribution is 2.49. The first-order chi connectivity index (χ1) is 9.13. The summed E-state index contributed by atoms with van der Waals surface area (Å²) in [5.74, 6) is 3.76. The molecule has 3 fully saturated rings. The largest absolute Gasteiger partial charge is 0.343 e. The maximum Gasteiger partial charge on any atom is 0.222 e. The van der Waals surface area contributed by atoms with Crippen LogP contribution in [0.1, 0.15) is 51.9 Å². The number of piperidine rings is 1. The van der Waals surface area contributed by atoms with Crippen LogP contribution in [0.25, 0.3) is 0 Å². The lowest BCUT2D eigenvalue weighted by atomic mass is 9.85. The number of rotatable bonds is 3. The molecule has 2 saturated carbocycles. The molecule has 1 heterocycles. The monoisotopic (exact) mass is 327 g/mol. The predicted molar refractivity (Wildman–Crippen MR) is 81.2 cm³/mol. The van der Waals surface area contributed by atoms with Crippen LogP contribution in [0.3, 0.4) is 0 Å². The molecule has 0 spiro atoms. The van der Waals surface area contributed by atoms with Crippen LogP contribution in [-0.4, -0.2) is 28.7 Å². The van der Waals surface area contributed by atoms with Crippen LogP contribution in [0, 0.1) is 23.7 Å². The molecule has 108 valence electrons. The summed E-state index contributed by atoms with van der Waals surface area (Å²) in [4.78, 5) is 15.2. The van der Waals surface area contributed by atoms with Gasteiger partial charge in [0.1, 0.15) is 0 Å². The van der Waals surface area contributed by atoms with Crippen molar-refractivity contribution < 1.29 is 4.79 Å². The van der Waals surface area contributed by atoms with Crippen molar-refractivity contribution in [3.05, 3.63) is 0 Å². The van der Waals surface area contributed by atoms with Gasteiger partial charge in [-0.25, -0.2) is 0 Å². The Morgan fingerprint density at radius 2 is 1.95 bits per heavy atom. The van der Waals surface area contributed by atoms with Gasteiger partial charge in [0, 0.05) is 24.3 Å². The highest BCUT2D eigenvalue weighted by molar-refractivity contribution is 9.09. The molecule has 2 aliphatic carbocycles. The number of carbonyl (C=O) groups is 1. The van der Waals surface area contributed by atoms with E-state index in [4.69, 9.17) is 0 Å². The molecule has 1 amide bonds. The number of likely N-dealkylation sites (tertiary alicyclic amines) is 1. The summed E-state index contributed by atoms with van der Waals surface area (Å²) in [6.07, 6.45) is 8.78. The summed E-state index contributed by atoms with van der Waals surface area (Å²) in [5.41, 5.74) is 0. The third kappa shape index (κ3) is 3.01. The van der Waals surface area contributed by atoms with Crippen LogP contribution in [0.15, 0.2) is 0 Å². The Bertz CT molecular complexity index is 336. The predicted octanol–water partition coefficient (Wildman–Crippen LogP) is 3.83. The van der Waals surface area contributed by atoms with E-state index in [1.807, 2.05) is 0 Å². The van der Waals surface area contributed by atoms with Gasteiger partial charge in [-0.1, -0.05) is 29.3 Å². The minimum Gasteiger partial charge on any atom is -0.343 e. The Labute approximate surface area is 125 Å². The highest BCUT2D eigenvalue weighted by atomic mass is 79.9. The molecular formula is C16H26BrNO. The van der Waals surface area contributed by atoms with E-state index >= 15 is 0 Å². The van der Waals surface area contributed by atoms with Gasteiger partial charge in [-0.15, -0.1) is 0 Å². The molecule has 3 heteroatoms. The molecule has 3 rings (SSSR count). The molecule has 0 N–H and O–H groups in total. The summed E-state index contributed by atoms with van der Waals surface area (Å²) in [6.45, 7) is 4.21. The molecule has 0 radical (unpaired) electrons. The Morgan fingerprint density at radius 3 is 2.47 bits per heavy atom. The van der Waals surface area contributed by atoms with Crippen molar-refractivity contribution in [2.45, 2.75) is 56.7 Å². The molecule has 4 atom stereocenters. The lowest BCUT2D eigenvalue weighted by Gasteiger charge is -2.34. The lowest BCUT2D eigenvalue weighted by Crippen LogP contribution is -2.40. The van der Waals surface area contributed by atoms with Crippen LogP contribution in [-0.2, 0) is 4.79 Å². The van der Waals surface area contributed by atoms with Gasteiger partial charge in [0.25, 0.3) is 0 Å². The van der Waals surface area contributed by atoms with E-state index in [-0.39, 0.29) is 0 Å². The molecule has 2 nitrogen and oxygen atoms in total. The van der Waals surface area contributed by atoms with Crippen molar-refractivity contribution >= 4 is 21.8 Å². The standard InChI is InChI=1S/C16H26BrNO/c1-11(17)13-4-6-18(7-5-13)16(19)10-15-9-12-2-3-14(15)8-12/h11-15H,2-10H2,1H3. The minimum atomic E-state index is 0.443. The van der Waals surface area contributed by atoms with E-state index in [9.17, 15) is 4.79 Å². The second-order valence-electron chi connectivity index (χ2n) is 7.03. The second kappa shape index (κ2) is 5.75. The fourth-order valence-electron chi connectivity index (χ4n) is 4.59. The summed E-state index contributed by atoms with van der Waals surface area (Å²) in [6, 6.07) is 0. The lowest BCUT2D eigenvalue weighted by molar-refractivity contribution is -0.134. The smallest absolute Gasteiger partial charge is 0.222 e.